The Kier molecular flexibility index (Phi) is 2.85. The summed E-state index contributed by atoms with van der Waals surface area (Å²) in [6.07, 6.45) is 2.09. The summed E-state index contributed by atoms with van der Waals surface area (Å²) in [5.41, 5.74) is 7.38. The number of nitrogens with zero attached hydrogens (tertiary/aromatic N) is 1. The second kappa shape index (κ2) is 3.84. The first-order valence-electron chi connectivity index (χ1n) is 6.43. The number of rotatable bonds is 2. The van der Waals surface area contributed by atoms with Crippen molar-refractivity contribution >= 4 is 0 Å². The van der Waals surface area contributed by atoms with Crippen molar-refractivity contribution in [3.05, 3.63) is 17.5 Å². The summed E-state index contributed by atoms with van der Waals surface area (Å²) < 4.78 is 5.41. The van der Waals surface area contributed by atoms with E-state index < -0.39 is 0 Å². The Morgan fingerprint density at radius 3 is 2.53 bits per heavy atom. The van der Waals surface area contributed by atoms with Crippen LogP contribution in [0.15, 0.2) is 10.6 Å². The van der Waals surface area contributed by atoms with E-state index in [9.17, 15) is 0 Å². The van der Waals surface area contributed by atoms with Gasteiger partial charge in [0.25, 0.3) is 0 Å². The van der Waals surface area contributed by atoms with Gasteiger partial charge in [-0.3, -0.25) is 0 Å². The van der Waals surface area contributed by atoms with E-state index in [0.29, 0.717) is 12.0 Å². The number of hydrogen-bond acceptors (Lipinski definition) is 3. The third-order valence-electron chi connectivity index (χ3n) is 4.30. The van der Waals surface area contributed by atoms with E-state index in [1.54, 1.807) is 0 Å². The van der Waals surface area contributed by atoms with Crippen LogP contribution in [0.4, 0.5) is 0 Å². The summed E-state index contributed by atoms with van der Waals surface area (Å²) >= 11 is 0. The summed E-state index contributed by atoms with van der Waals surface area (Å²) in [4.78, 5) is 0. The van der Waals surface area contributed by atoms with Crippen molar-refractivity contribution in [2.24, 2.45) is 17.1 Å². The number of hydrogen-bond donors (Lipinski definition) is 1. The molecule has 3 nitrogen and oxygen atoms in total. The van der Waals surface area contributed by atoms with Crippen LogP contribution in [0.3, 0.4) is 0 Å². The molecule has 1 aliphatic rings. The van der Waals surface area contributed by atoms with E-state index in [1.165, 1.54) is 0 Å². The van der Waals surface area contributed by atoms with Gasteiger partial charge < -0.3 is 10.3 Å². The summed E-state index contributed by atoms with van der Waals surface area (Å²) in [5, 5.41) is 4.18. The Bertz CT molecular complexity index is 401. The fraction of sp³-hybridized carbons (Fsp3) is 0.786. The third-order valence-corrected chi connectivity index (χ3v) is 4.30. The largest absolute Gasteiger partial charge is 0.361 e. The van der Waals surface area contributed by atoms with Crippen LogP contribution in [-0.4, -0.2) is 11.2 Å². The molecule has 2 unspecified atom stereocenters. The highest BCUT2D eigenvalue weighted by molar-refractivity contribution is 5.15. The van der Waals surface area contributed by atoms with Gasteiger partial charge in [0.15, 0.2) is 0 Å². The molecule has 96 valence electrons. The zero-order valence-electron chi connectivity index (χ0n) is 11.6. The molecule has 1 saturated carbocycles. The van der Waals surface area contributed by atoms with Gasteiger partial charge >= 0.3 is 0 Å². The molecule has 1 heterocycles. The first-order chi connectivity index (χ1) is 7.71. The molecule has 1 aromatic rings. The molecule has 0 aliphatic heterocycles. The first kappa shape index (κ1) is 12.6. The molecular formula is C14H24N2O. The lowest BCUT2D eigenvalue weighted by molar-refractivity contribution is 0.0370. The Labute approximate surface area is 104 Å². The highest BCUT2D eigenvalue weighted by atomic mass is 16.5. The third kappa shape index (κ3) is 2.25. The molecule has 3 heteroatoms. The van der Waals surface area contributed by atoms with Gasteiger partial charge in [0.05, 0.1) is 5.69 Å². The van der Waals surface area contributed by atoms with Crippen LogP contribution in [0.25, 0.3) is 0 Å². The normalized spacial score (nSPS) is 27.9. The monoisotopic (exact) mass is 236 g/mol. The molecule has 2 atom stereocenters. The quantitative estimate of drug-likeness (QED) is 0.859. The van der Waals surface area contributed by atoms with Crippen molar-refractivity contribution in [1.29, 1.82) is 0 Å². The van der Waals surface area contributed by atoms with E-state index in [2.05, 4.69) is 45.8 Å². The minimum Gasteiger partial charge on any atom is -0.361 e. The maximum Gasteiger partial charge on any atom is 0.142 e. The molecular weight excluding hydrogens is 212 g/mol. The molecule has 0 bridgehead atoms. The zero-order chi connectivity index (χ0) is 12.8. The van der Waals surface area contributed by atoms with E-state index in [0.717, 1.165) is 24.3 Å². The molecule has 0 spiro atoms. The maximum atomic E-state index is 6.03. The second-order valence-electron chi connectivity index (χ2n) is 7.00. The molecule has 0 radical (unpaired) electrons. The van der Waals surface area contributed by atoms with Crippen LogP contribution in [0.1, 0.15) is 52.5 Å². The summed E-state index contributed by atoms with van der Waals surface area (Å²) in [6.45, 7) is 10.9. The van der Waals surface area contributed by atoms with Crippen LogP contribution in [-0.2, 0) is 11.8 Å². The lowest BCUT2D eigenvalue weighted by atomic mass is 9.57. The Hall–Kier alpha value is -0.830. The SMILES string of the molecule is CC(C)(C)c1cc(CC2CC(N)C2(C)C)no1. The molecule has 0 saturated heterocycles. The van der Waals surface area contributed by atoms with Crippen molar-refractivity contribution in [3.8, 4) is 0 Å². The van der Waals surface area contributed by atoms with Crippen molar-refractivity contribution in [2.45, 2.75) is 58.9 Å². The number of aromatic nitrogens is 1. The first-order valence-corrected chi connectivity index (χ1v) is 6.43. The van der Waals surface area contributed by atoms with E-state index in [1.807, 2.05) is 0 Å². The van der Waals surface area contributed by atoms with Crippen LogP contribution < -0.4 is 5.73 Å². The van der Waals surface area contributed by atoms with Gasteiger partial charge in [0.1, 0.15) is 5.76 Å². The topological polar surface area (TPSA) is 52.0 Å². The van der Waals surface area contributed by atoms with Crippen molar-refractivity contribution in [3.63, 3.8) is 0 Å². The predicted octanol–water partition coefficient (Wildman–Crippen LogP) is 2.89. The van der Waals surface area contributed by atoms with E-state index in [-0.39, 0.29) is 10.8 Å². The second-order valence-corrected chi connectivity index (χ2v) is 7.00. The van der Waals surface area contributed by atoms with E-state index >= 15 is 0 Å². The average molecular weight is 236 g/mol. The van der Waals surface area contributed by atoms with Gasteiger partial charge in [0, 0.05) is 17.5 Å². The minimum atomic E-state index is 0.0385. The lowest BCUT2D eigenvalue weighted by Crippen LogP contribution is -2.55. The zero-order valence-corrected chi connectivity index (χ0v) is 11.6. The maximum absolute atomic E-state index is 6.03. The average Bonchev–Trinajstić information content (AvgIpc) is 2.65. The van der Waals surface area contributed by atoms with Gasteiger partial charge in [-0.25, -0.2) is 0 Å². The molecule has 2 N–H and O–H groups in total. The van der Waals surface area contributed by atoms with E-state index in [4.69, 9.17) is 10.3 Å². The van der Waals surface area contributed by atoms with Crippen LogP contribution in [0.5, 0.6) is 0 Å². The highest BCUT2D eigenvalue weighted by Crippen LogP contribution is 2.46. The fourth-order valence-electron chi connectivity index (χ4n) is 2.42. The molecule has 1 aliphatic carbocycles. The van der Waals surface area contributed by atoms with Gasteiger partial charge in [-0.15, -0.1) is 0 Å². The molecule has 1 aromatic heterocycles. The van der Waals surface area contributed by atoms with Gasteiger partial charge in [-0.2, -0.15) is 0 Å². The standard InChI is InChI=1S/C14H24N2O/c1-13(2,3)12-8-10(16-17-12)6-9-7-11(15)14(9,4)5/h8-9,11H,6-7,15H2,1-5H3. The molecule has 17 heavy (non-hydrogen) atoms. The highest BCUT2D eigenvalue weighted by Gasteiger charge is 2.45. The lowest BCUT2D eigenvalue weighted by Gasteiger charge is -2.50. The van der Waals surface area contributed by atoms with Gasteiger partial charge in [-0.1, -0.05) is 39.8 Å². The smallest absolute Gasteiger partial charge is 0.142 e. The van der Waals surface area contributed by atoms with Gasteiger partial charge in [-0.05, 0) is 24.2 Å². The van der Waals surface area contributed by atoms with Crippen molar-refractivity contribution in [1.82, 2.24) is 5.16 Å². The van der Waals surface area contributed by atoms with Crippen molar-refractivity contribution in [2.75, 3.05) is 0 Å². The van der Waals surface area contributed by atoms with Crippen molar-refractivity contribution < 1.29 is 4.52 Å². The summed E-state index contributed by atoms with van der Waals surface area (Å²) in [7, 11) is 0. The Balaban J connectivity index is 2.04. The molecule has 1 fully saturated rings. The van der Waals surface area contributed by atoms with Crippen LogP contribution in [0.2, 0.25) is 0 Å². The summed E-state index contributed by atoms with van der Waals surface area (Å²) in [5.74, 6) is 1.60. The van der Waals surface area contributed by atoms with Crippen LogP contribution in [0, 0.1) is 11.3 Å². The van der Waals surface area contributed by atoms with Gasteiger partial charge in [0.2, 0.25) is 0 Å². The molecule has 2 rings (SSSR count). The minimum absolute atomic E-state index is 0.0385. The molecule has 0 aromatic carbocycles. The Morgan fingerprint density at radius 1 is 1.47 bits per heavy atom. The number of nitrogens with two attached hydrogens (primary N) is 1. The van der Waals surface area contributed by atoms with Crippen LogP contribution >= 0.6 is 0 Å². The summed E-state index contributed by atoms with van der Waals surface area (Å²) in [6, 6.07) is 2.43. The fourth-order valence-corrected chi connectivity index (χ4v) is 2.42. The Morgan fingerprint density at radius 2 is 2.12 bits per heavy atom. The predicted molar refractivity (Wildman–Crippen MR) is 68.8 cm³/mol. The molecule has 0 amide bonds.